The van der Waals surface area contributed by atoms with Gasteiger partial charge in [0.1, 0.15) is 12.3 Å². The van der Waals surface area contributed by atoms with Gasteiger partial charge in [-0.1, -0.05) is 34.8 Å². The molecule has 0 fully saturated rings. The molecule has 0 atom stereocenters. The van der Waals surface area contributed by atoms with Gasteiger partial charge in [-0.25, -0.2) is 8.42 Å². The van der Waals surface area contributed by atoms with Crippen LogP contribution in [0.25, 0.3) is 0 Å². The summed E-state index contributed by atoms with van der Waals surface area (Å²) in [4.78, 5) is 13.7. The maximum Gasteiger partial charge on any atom is 0.264 e. The zero-order valence-electron chi connectivity index (χ0n) is 16.3. The number of nitrogens with zero attached hydrogens (tertiary/aromatic N) is 2. The lowest BCUT2D eigenvalue weighted by Gasteiger charge is -2.27. The Labute approximate surface area is 186 Å². The number of carbonyl (C=O) groups excluding carboxylic acids is 1. The number of hydrogen-bond donors (Lipinski definition) is 0. The number of ether oxygens (including phenoxy) is 1. The van der Waals surface area contributed by atoms with Crippen LogP contribution in [0, 0.1) is 0 Å². The van der Waals surface area contributed by atoms with Crippen molar-refractivity contribution in [1.82, 2.24) is 4.90 Å². The van der Waals surface area contributed by atoms with Gasteiger partial charge in [-0.2, -0.15) is 0 Å². The van der Waals surface area contributed by atoms with Crippen molar-refractivity contribution in [2.75, 3.05) is 24.9 Å². The van der Waals surface area contributed by atoms with Gasteiger partial charge in [0.15, 0.2) is 0 Å². The molecule has 0 aliphatic heterocycles. The first-order valence-electron chi connectivity index (χ1n) is 8.57. The number of sulfonamides is 1. The molecular formula is C19H21Cl3N2O4S. The maximum atomic E-state index is 13.4. The Hall–Kier alpha value is -1.67. The summed E-state index contributed by atoms with van der Waals surface area (Å²) in [7, 11) is -1.07. The number of halogens is 3. The smallest absolute Gasteiger partial charge is 0.264 e. The molecule has 0 saturated carbocycles. The summed E-state index contributed by atoms with van der Waals surface area (Å²) < 4.78 is 33.3. The molecular weight excluding hydrogens is 459 g/mol. The molecule has 6 nitrogen and oxygen atoms in total. The summed E-state index contributed by atoms with van der Waals surface area (Å²) in [5, 5.41) is 0.683. The molecule has 0 radical (unpaired) electrons. The van der Waals surface area contributed by atoms with E-state index in [2.05, 4.69) is 0 Å². The van der Waals surface area contributed by atoms with Gasteiger partial charge in [-0.05, 0) is 44.2 Å². The van der Waals surface area contributed by atoms with Crippen LogP contribution < -0.4 is 9.04 Å². The van der Waals surface area contributed by atoms with Crippen LogP contribution in [0.5, 0.6) is 5.75 Å². The van der Waals surface area contributed by atoms with E-state index in [0.29, 0.717) is 5.02 Å². The molecule has 29 heavy (non-hydrogen) atoms. The van der Waals surface area contributed by atoms with Crippen molar-refractivity contribution >= 4 is 56.4 Å². The van der Waals surface area contributed by atoms with E-state index in [0.717, 1.165) is 4.31 Å². The summed E-state index contributed by atoms with van der Waals surface area (Å²) in [6.45, 7) is 3.16. The van der Waals surface area contributed by atoms with E-state index in [1.165, 1.54) is 55.4 Å². The second kappa shape index (κ2) is 9.43. The van der Waals surface area contributed by atoms with Crippen molar-refractivity contribution < 1.29 is 17.9 Å². The van der Waals surface area contributed by atoms with Crippen molar-refractivity contribution in [1.29, 1.82) is 0 Å². The summed E-state index contributed by atoms with van der Waals surface area (Å²) in [5.74, 6) is -0.172. The second-order valence-electron chi connectivity index (χ2n) is 6.65. The van der Waals surface area contributed by atoms with Crippen LogP contribution in [0.2, 0.25) is 15.1 Å². The number of hydrogen-bond acceptors (Lipinski definition) is 4. The van der Waals surface area contributed by atoms with Gasteiger partial charge in [0.05, 0.1) is 26.7 Å². The lowest BCUT2D eigenvalue weighted by molar-refractivity contribution is -0.127. The molecule has 158 valence electrons. The summed E-state index contributed by atoms with van der Waals surface area (Å²) in [6.07, 6.45) is -0.203. The molecule has 1 amide bonds. The zero-order valence-corrected chi connectivity index (χ0v) is 19.4. The highest BCUT2D eigenvalue weighted by Gasteiger charge is 2.30. The molecule has 0 heterocycles. The van der Waals surface area contributed by atoms with Crippen molar-refractivity contribution in [3.05, 3.63) is 51.5 Å². The molecule has 0 spiro atoms. The zero-order chi connectivity index (χ0) is 21.9. The second-order valence-corrected chi connectivity index (χ2v) is 9.77. The Kier molecular flexibility index (Phi) is 7.67. The summed E-state index contributed by atoms with van der Waals surface area (Å²) >= 11 is 18.4. The first-order valence-corrected chi connectivity index (χ1v) is 11.1. The number of rotatable bonds is 7. The normalized spacial score (nSPS) is 11.4. The monoisotopic (exact) mass is 478 g/mol. The molecule has 2 rings (SSSR count). The summed E-state index contributed by atoms with van der Waals surface area (Å²) in [6, 6.07) is 8.44. The third-order valence-electron chi connectivity index (χ3n) is 3.81. The van der Waals surface area contributed by atoms with Gasteiger partial charge in [-0.15, -0.1) is 0 Å². The van der Waals surface area contributed by atoms with Gasteiger partial charge in [0.2, 0.25) is 5.91 Å². The van der Waals surface area contributed by atoms with E-state index >= 15 is 0 Å². The molecule has 0 aromatic heterocycles. The van der Waals surface area contributed by atoms with E-state index in [9.17, 15) is 13.2 Å². The largest absolute Gasteiger partial charge is 0.489 e. The average molecular weight is 480 g/mol. The highest BCUT2D eigenvalue weighted by molar-refractivity contribution is 7.92. The van der Waals surface area contributed by atoms with Crippen molar-refractivity contribution in [3.63, 3.8) is 0 Å². The van der Waals surface area contributed by atoms with Gasteiger partial charge < -0.3 is 9.64 Å². The van der Waals surface area contributed by atoms with Crippen molar-refractivity contribution in [2.24, 2.45) is 0 Å². The fraction of sp³-hybridized carbons (Fsp3) is 0.316. The van der Waals surface area contributed by atoms with Crippen LogP contribution in [0.15, 0.2) is 41.3 Å². The van der Waals surface area contributed by atoms with Gasteiger partial charge in [-0.3, -0.25) is 9.10 Å². The average Bonchev–Trinajstić information content (AvgIpc) is 2.62. The molecule has 0 saturated heterocycles. The van der Waals surface area contributed by atoms with E-state index < -0.39 is 22.5 Å². The maximum absolute atomic E-state index is 13.4. The van der Waals surface area contributed by atoms with E-state index in [4.69, 9.17) is 39.5 Å². The topological polar surface area (TPSA) is 66.9 Å². The molecule has 0 aliphatic carbocycles. The van der Waals surface area contributed by atoms with Crippen LogP contribution in [-0.4, -0.2) is 46.0 Å². The van der Waals surface area contributed by atoms with Crippen molar-refractivity contribution in [3.8, 4) is 5.75 Å². The third kappa shape index (κ3) is 5.69. The molecule has 10 heteroatoms. The fourth-order valence-corrected chi connectivity index (χ4v) is 4.48. The van der Waals surface area contributed by atoms with Crippen LogP contribution in [-0.2, 0) is 14.8 Å². The number of likely N-dealkylation sites (N-methyl/N-ethyl adjacent to an activating group) is 1. The van der Waals surface area contributed by atoms with Gasteiger partial charge in [0.25, 0.3) is 10.0 Å². The highest BCUT2D eigenvalue weighted by Crippen LogP contribution is 2.39. The van der Waals surface area contributed by atoms with E-state index in [-0.39, 0.29) is 32.5 Å². The van der Waals surface area contributed by atoms with Crippen LogP contribution >= 0.6 is 34.8 Å². The molecule has 2 aromatic carbocycles. The minimum Gasteiger partial charge on any atom is -0.489 e. The van der Waals surface area contributed by atoms with E-state index in [1.54, 1.807) is 0 Å². The molecule has 0 N–H and O–H groups in total. The Morgan fingerprint density at radius 1 is 1.03 bits per heavy atom. The minimum absolute atomic E-state index is 0.0363. The molecule has 2 aromatic rings. The first kappa shape index (κ1) is 23.6. The number of carbonyl (C=O) groups is 1. The standard InChI is InChI=1S/C19H21Cl3N2O4S/c1-12(2)28-18-10-17(15(21)9-16(18)22)24(11-19(25)23(3)4)29(26,27)14-7-5-13(20)6-8-14/h5-10,12H,11H2,1-4H3. The Bertz CT molecular complexity index is 993. The highest BCUT2D eigenvalue weighted by atomic mass is 35.5. The van der Waals surface area contributed by atoms with Crippen LogP contribution in [0.3, 0.4) is 0 Å². The Morgan fingerprint density at radius 2 is 1.62 bits per heavy atom. The molecule has 0 aliphatic rings. The van der Waals surface area contributed by atoms with Crippen molar-refractivity contribution in [2.45, 2.75) is 24.8 Å². The van der Waals surface area contributed by atoms with Crippen LogP contribution in [0.1, 0.15) is 13.8 Å². The van der Waals surface area contributed by atoms with Gasteiger partial charge in [0, 0.05) is 25.2 Å². The number of benzene rings is 2. The summed E-state index contributed by atoms with van der Waals surface area (Å²) in [5.41, 5.74) is 0.0804. The van der Waals surface area contributed by atoms with E-state index in [1.807, 2.05) is 13.8 Å². The lowest BCUT2D eigenvalue weighted by atomic mass is 10.3. The Balaban J connectivity index is 2.65. The quantitative estimate of drug-likeness (QED) is 0.576. The minimum atomic E-state index is -4.14. The Morgan fingerprint density at radius 3 is 2.14 bits per heavy atom. The fourth-order valence-electron chi connectivity index (χ4n) is 2.35. The number of anilines is 1. The lowest BCUT2D eigenvalue weighted by Crippen LogP contribution is -2.40. The predicted molar refractivity (Wildman–Crippen MR) is 117 cm³/mol. The number of amides is 1. The molecule has 0 bridgehead atoms. The predicted octanol–water partition coefficient (Wildman–Crippen LogP) is 4.72. The van der Waals surface area contributed by atoms with Gasteiger partial charge >= 0.3 is 0 Å². The molecule has 0 unspecified atom stereocenters. The first-order chi connectivity index (χ1) is 13.4. The van der Waals surface area contributed by atoms with Crippen LogP contribution in [0.4, 0.5) is 5.69 Å². The SMILES string of the molecule is CC(C)Oc1cc(N(CC(=O)N(C)C)S(=O)(=O)c2ccc(Cl)cc2)c(Cl)cc1Cl. The third-order valence-corrected chi connectivity index (χ3v) is 6.44.